The summed E-state index contributed by atoms with van der Waals surface area (Å²) in [7, 11) is 0. The Morgan fingerprint density at radius 2 is 1.90 bits per heavy atom. The predicted octanol–water partition coefficient (Wildman–Crippen LogP) is 5.23. The molecule has 1 aromatic carbocycles. The van der Waals surface area contributed by atoms with E-state index in [0.717, 1.165) is 6.07 Å². The Bertz CT molecular complexity index is 616. The summed E-state index contributed by atoms with van der Waals surface area (Å²) >= 11 is 1.74. The maximum absolute atomic E-state index is 12.7. The SMILES string of the molecule is Cc1cc(C(C)NCc2cccc(C(F)(F)F)c2)c(C)s1. The van der Waals surface area contributed by atoms with E-state index in [0.29, 0.717) is 12.1 Å². The van der Waals surface area contributed by atoms with Crippen LogP contribution >= 0.6 is 11.3 Å². The van der Waals surface area contributed by atoms with Gasteiger partial charge in [0, 0.05) is 22.3 Å². The molecule has 0 bridgehead atoms. The fraction of sp³-hybridized carbons (Fsp3) is 0.375. The van der Waals surface area contributed by atoms with Crippen LogP contribution in [0.25, 0.3) is 0 Å². The van der Waals surface area contributed by atoms with E-state index in [1.165, 1.54) is 27.5 Å². The molecule has 1 heterocycles. The molecule has 2 rings (SSSR count). The first-order valence-corrected chi connectivity index (χ1v) is 7.55. The summed E-state index contributed by atoms with van der Waals surface area (Å²) in [5.41, 5.74) is 1.25. The molecule has 1 N–H and O–H groups in total. The van der Waals surface area contributed by atoms with Crippen molar-refractivity contribution in [3.63, 3.8) is 0 Å². The van der Waals surface area contributed by atoms with Crippen molar-refractivity contribution in [3.8, 4) is 0 Å². The van der Waals surface area contributed by atoms with Gasteiger partial charge in [0.2, 0.25) is 0 Å². The summed E-state index contributed by atoms with van der Waals surface area (Å²) in [5.74, 6) is 0. The predicted molar refractivity (Wildman–Crippen MR) is 80.5 cm³/mol. The summed E-state index contributed by atoms with van der Waals surface area (Å²) in [4.78, 5) is 2.49. The molecule has 0 saturated heterocycles. The highest BCUT2D eigenvalue weighted by atomic mass is 32.1. The van der Waals surface area contributed by atoms with E-state index >= 15 is 0 Å². The Morgan fingerprint density at radius 3 is 2.48 bits per heavy atom. The highest BCUT2D eigenvalue weighted by molar-refractivity contribution is 7.12. The molecular formula is C16H18F3NS. The van der Waals surface area contributed by atoms with Crippen molar-refractivity contribution in [1.29, 1.82) is 0 Å². The molecule has 1 nitrogen and oxygen atoms in total. The molecule has 2 aromatic rings. The van der Waals surface area contributed by atoms with Crippen LogP contribution in [-0.2, 0) is 12.7 Å². The lowest BCUT2D eigenvalue weighted by Crippen LogP contribution is -2.18. The van der Waals surface area contributed by atoms with Gasteiger partial charge in [-0.25, -0.2) is 0 Å². The first-order chi connectivity index (χ1) is 9.77. The van der Waals surface area contributed by atoms with Crippen molar-refractivity contribution in [3.05, 3.63) is 56.8 Å². The van der Waals surface area contributed by atoms with Gasteiger partial charge in [-0.15, -0.1) is 11.3 Å². The van der Waals surface area contributed by atoms with Gasteiger partial charge in [-0.2, -0.15) is 13.2 Å². The number of hydrogen-bond donors (Lipinski definition) is 1. The average Bonchev–Trinajstić information content (AvgIpc) is 2.74. The second kappa shape index (κ2) is 6.20. The number of rotatable bonds is 4. The van der Waals surface area contributed by atoms with Crippen molar-refractivity contribution in [1.82, 2.24) is 5.32 Å². The monoisotopic (exact) mass is 313 g/mol. The Labute approximate surface area is 126 Å². The van der Waals surface area contributed by atoms with Crippen LogP contribution in [0.15, 0.2) is 30.3 Å². The molecule has 0 saturated carbocycles. The molecule has 0 amide bonds. The minimum absolute atomic E-state index is 0.115. The normalized spacial score (nSPS) is 13.4. The Balaban J connectivity index is 2.05. The number of benzene rings is 1. The molecule has 0 radical (unpaired) electrons. The third-order valence-corrected chi connectivity index (χ3v) is 4.39. The van der Waals surface area contributed by atoms with Gasteiger partial charge in [-0.3, -0.25) is 0 Å². The van der Waals surface area contributed by atoms with Gasteiger partial charge in [0.1, 0.15) is 0 Å². The molecular weight excluding hydrogens is 295 g/mol. The maximum atomic E-state index is 12.7. The van der Waals surface area contributed by atoms with E-state index < -0.39 is 11.7 Å². The first kappa shape index (κ1) is 16.0. The van der Waals surface area contributed by atoms with E-state index in [1.807, 2.05) is 6.92 Å². The summed E-state index contributed by atoms with van der Waals surface area (Å²) in [6, 6.07) is 7.70. The van der Waals surface area contributed by atoms with Crippen LogP contribution in [0.5, 0.6) is 0 Å². The summed E-state index contributed by atoms with van der Waals surface area (Å²) in [6.07, 6.45) is -4.29. The molecule has 1 aromatic heterocycles. The molecule has 0 spiro atoms. The van der Waals surface area contributed by atoms with E-state index in [9.17, 15) is 13.2 Å². The lowest BCUT2D eigenvalue weighted by Gasteiger charge is -2.15. The number of nitrogens with one attached hydrogen (secondary N) is 1. The second-order valence-electron chi connectivity index (χ2n) is 5.17. The van der Waals surface area contributed by atoms with Crippen molar-refractivity contribution in [2.45, 2.75) is 39.5 Å². The first-order valence-electron chi connectivity index (χ1n) is 6.74. The van der Waals surface area contributed by atoms with Gasteiger partial charge in [0.15, 0.2) is 0 Å². The van der Waals surface area contributed by atoms with E-state index in [2.05, 4.69) is 25.2 Å². The van der Waals surface area contributed by atoms with Crippen LogP contribution in [0, 0.1) is 13.8 Å². The molecule has 5 heteroatoms. The van der Waals surface area contributed by atoms with Crippen molar-refractivity contribution >= 4 is 11.3 Å². The van der Waals surface area contributed by atoms with Gasteiger partial charge >= 0.3 is 6.18 Å². The molecule has 0 aliphatic rings. The van der Waals surface area contributed by atoms with Crippen molar-refractivity contribution in [2.24, 2.45) is 0 Å². The Kier molecular flexibility index (Phi) is 4.74. The molecule has 0 fully saturated rings. The fourth-order valence-corrected chi connectivity index (χ4v) is 3.34. The number of alkyl halides is 3. The van der Waals surface area contributed by atoms with Crippen LogP contribution in [0.1, 0.15) is 39.4 Å². The zero-order valence-corrected chi connectivity index (χ0v) is 13.0. The van der Waals surface area contributed by atoms with Gasteiger partial charge in [0.25, 0.3) is 0 Å². The minimum Gasteiger partial charge on any atom is -0.306 e. The Morgan fingerprint density at radius 1 is 1.19 bits per heavy atom. The number of hydrogen-bond acceptors (Lipinski definition) is 2. The quantitative estimate of drug-likeness (QED) is 0.814. The van der Waals surface area contributed by atoms with Gasteiger partial charge in [-0.1, -0.05) is 18.2 Å². The van der Waals surface area contributed by atoms with Gasteiger partial charge in [-0.05, 0) is 44.0 Å². The van der Waals surface area contributed by atoms with Gasteiger partial charge < -0.3 is 5.32 Å². The van der Waals surface area contributed by atoms with Crippen molar-refractivity contribution in [2.75, 3.05) is 0 Å². The molecule has 21 heavy (non-hydrogen) atoms. The summed E-state index contributed by atoms with van der Waals surface area (Å²) in [5, 5.41) is 3.29. The van der Waals surface area contributed by atoms with Crippen LogP contribution in [0.3, 0.4) is 0 Å². The fourth-order valence-electron chi connectivity index (χ4n) is 2.32. The maximum Gasteiger partial charge on any atom is 0.416 e. The molecule has 0 aliphatic heterocycles. The standard InChI is InChI=1S/C16H18F3NS/c1-10-7-15(12(3)21-10)11(2)20-9-13-5-4-6-14(8-13)16(17,18)19/h4-8,11,20H,9H2,1-3H3. The molecule has 1 atom stereocenters. The van der Waals surface area contributed by atoms with Crippen LogP contribution in [0.2, 0.25) is 0 Å². The zero-order chi connectivity index (χ0) is 15.6. The number of aryl methyl sites for hydroxylation is 2. The third kappa shape index (κ3) is 4.08. The summed E-state index contributed by atoms with van der Waals surface area (Å²) < 4.78 is 38.0. The number of halogens is 3. The lowest BCUT2D eigenvalue weighted by molar-refractivity contribution is -0.137. The average molecular weight is 313 g/mol. The number of thiophene rings is 1. The molecule has 114 valence electrons. The molecule has 1 unspecified atom stereocenters. The van der Waals surface area contributed by atoms with Crippen LogP contribution in [0.4, 0.5) is 13.2 Å². The zero-order valence-electron chi connectivity index (χ0n) is 12.2. The highest BCUT2D eigenvalue weighted by Gasteiger charge is 2.30. The Hall–Kier alpha value is -1.33. The minimum atomic E-state index is -4.29. The van der Waals surface area contributed by atoms with E-state index in [1.54, 1.807) is 17.4 Å². The second-order valence-corrected chi connectivity index (χ2v) is 6.63. The lowest BCUT2D eigenvalue weighted by atomic mass is 10.1. The van der Waals surface area contributed by atoms with E-state index in [-0.39, 0.29) is 6.04 Å². The van der Waals surface area contributed by atoms with Crippen molar-refractivity contribution < 1.29 is 13.2 Å². The van der Waals surface area contributed by atoms with Crippen LogP contribution in [-0.4, -0.2) is 0 Å². The highest BCUT2D eigenvalue weighted by Crippen LogP contribution is 2.30. The van der Waals surface area contributed by atoms with Crippen LogP contribution < -0.4 is 5.32 Å². The third-order valence-electron chi connectivity index (χ3n) is 3.41. The van der Waals surface area contributed by atoms with Gasteiger partial charge in [0.05, 0.1) is 5.56 Å². The smallest absolute Gasteiger partial charge is 0.306 e. The topological polar surface area (TPSA) is 12.0 Å². The largest absolute Gasteiger partial charge is 0.416 e. The molecule has 0 aliphatic carbocycles. The van der Waals surface area contributed by atoms with E-state index in [4.69, 9.17) is 0 Å². The summed E-state index contributed by atoms with van der Waals surface area (Å²) in [6.45, 7) is 6.57.